The predicted molar refractivity (Wildman–Crippen MR) is 123 cm³/mol. The molecule has 2 N–H and O–H groups in total. The number of carbonyl (C=O) groups is 2. The van der Waals surface area contributed by atoms with E-state index in [0.29, 0.717) is 16.7 Å². The zero-order chi connectivity index (χ0) is 22.6. The van der Waals surface area contributed by atoms with Crippen molar-refractivity contribution in [2.45, 2.75) is 52.1 Å². The number of amides is 2. The second-order valence-electron chi connectivity index (χ2n) is 9.67. The molecule has 1 aromatic heterocycles. The van der Waals surface area contributed by atoms with Crippen LogP contribution in [0.15, 0.2) is 24.3 Å². The number of fused-ring (bicyclic) bond motifs is 4. The van der Waals surface area contributed by atoms with Crippen LogP contribution in [0.4, 0.5) is 15.6 Å². The number of aromatic nitrogens is 1. The van der Waals surface area contributed by atoms with Gasteiger partial charge in [-0.1, -0.05) is 20.8 Å². The van der Waals surface area contributed by atoms with E-state index in [0.717, 1.165) is 30.7 Å². The first-order chi connectivity index (χ1) is 15.3. The molecule has 8 heteroatoms. The molecule has 5 rings (SSSR count). The molecule has 2 fully saturated rings. The monoisotopic (exact) mass is 455 g/mol. The number of methoxy groups -OCH3 is 1. The van der Waals surface area contributed by atoms with E-state index in [9.17, 15) is 9.59 Å². The van der Waals surface area contributed by atoms with E-state index in [1.807, 2.05) is 6.92 Å². The van der Waals surface area contributed by atoms with Crippen LogP contribution in [0.5, 0.6) is 5.75 Å². The van der Waals surface area contributed by atoms with Crippen LogP contribution < -0.4 is 15.4 Å². The molecule has 1 aromatic carbocycles. The average molecular weight is 456 g/mol. The lowest BCUT2D eigenvalue weighted by atomic mass is 9.54. The van der Waals surface area contributed by atoms with E-state index in [1.54, 1.807) is 42.7 Å². The van der Waals surface area contributed by atoms with E-state index in [-0.39, 0.29) is 41.3 Å². The molecule has 1 saturated heterocycles. The zero-order valence-electron chi connectivity index (χ0n) is 18.8. The maximum Gasteiger partial charge on any atom is 0.325 e. The first kappa shape index (κ1) is 21.2. The molecule has 1 aliphatic heterocycles. The van der Waals surface area contributed by atoms with Crippen molar-refractivity contribution in [2.75, 3.05) is 17.7 Å². The number of nitrogens with one attached hydrogen (secondary N) is 2. The van der Waals surface area contributed by atoms with Gasteiger partial charge in [0, 0.05) is 28.3 Å². The Labute approximate surface area is 191 Å². The summed E-state index contributed by atoms with van der Waals surface area (Å²) >= 11 is 1.55. The van der Waals surface area contributed by atoms with Crippen LogP contribution in [0, 0.1) is 23.2 Å². The number of hydrogen-bond acceptors (Lipinski definition) is 6. The first-order valence-corrected chi connectivity index (χ1v) is 12.0. The number of nitrogens with zero attached hydrogens (tertiary/aromatic N) is 1. The van der Waals surface area contributed by atoms with Gasteiger partial charge in [-0.15, -0.1) is 11.3 Å². The highest BCUT2D eigenvalue weighted by molar-refractivity contribution is 7.15. The van der Waals surface area contributed by atoms with Gasteiger partial charge in [0.05, 0.1) is 18.7 Å². The second-order valence-corrected chi connectivity index (χ2v) is 10.8. The Balaban J connectivity index is 1.34. The first-order valence-electron chi connectivity index (χ1n) is 11.2. The summed E-state index contributed by atoms with van der Waals surface area (Å²) in [6.45, 7) is 6.52. The van der Waals surface area contributed by atoms with E-state index < -0.39 is 0 Å². The highest BCUT2D eigenvalue weighted by atomic mass is 32.1. The fourth-order valence-corrected chi connectivity index (χ4v) is 7.33. The molecule has 0 spiro atoms. The fraction of sp³-hybridized carbons (Fsp3) is 0.542. The van der Waals surface area contributed by atoms with Gasteiger partial charge in [0.2, 0.25) is 0 Å². The van der Waals surface area contributed by atoms with Crippen LogP contribution in [0.25, 0.3) is 0 Å². The Bertz CT molecular complexity index is 1050. The molecule has 6 unspecified atom stereocenters. The maximum absolute atomic E-state index is 12.5. The number of carbonyl (C=O) groups excluding carboxylic acids is 2. The van der Waals surface area contributed by atoms with Crippen molar-refractivity contribution < 1.29 is 19.1 Å². The summed E-state index contributed by atoms with van der Waals surface area (Å²) in [5.74, 6) is 1.38. The Morgan fingerprint density at radius 2 is 1.97 bits per heavy atom. The number of hydrogen-bond donors (Lipinski definition) is 2. The molecule has 6 atom stereocenters. The third-order valence-corrected chi connectivity index (χ3v) is 8.71. The number of anilines is 2. The molecule has 32 heavy (non-hydrogen) atoms. The maximum atomic E-state index is 12.5. The van der Waals surface area contributed by atoms with Crippen LogP contribution in [0.3, 0.4) is 0 Å². The Morgan fingerprint density at radius 3 is 2.69 bits per heavy atom. The van der Waals surface area contributed by atoms with Gasteiger partial charge >= 0.3 is 12.0 Å². The van der Waals surface area contributed by atoms with Gasteiger partial charge in [-0.05, 0) is 48.9 Å². The molecule has 2 aromatic rings. The standard InChI is InChI=1S/C24H29N3O4S/c1-12-16-9-10-24(3)11-17-19(13(2)18(24)20(16)31-21(12)28)26-23(32-17)27-22(29)25-14-5-7-15(30-4)8-6-14/h5-8,12-13,16,18,20H,9-11H2,1-4H3,(H2,25,26,27,29). The molecule has 0 bridgehead atoms. The van der Waals surface area contributed by atoms with Crippen molar-refractivity contribution in [1.82, 2.24) is 4.98 Å². The Kier molecular flexibility index (Phi) is 5.15. The van der Waals surface area contributed by atoms with E-state index in [2.05, 4.69) is 24.5 Å². The van der Waals surface area contributed by atoms with Crippen LogP contribution in [0.2, 0.25) is 0 Å². The van der Waals surface area contributed by atoms with Gasteiger partial charge in [0.15, 0.2) is 5.13 Å². The molecule has 0 radical (unpaired) electrons. The number of ether oxygens (including phenoxy) is 2. The van der Waals surface area contributed by atoms with Crippen molar-refractivity contribution in [3.63, 3.8) is 0 Å². The van der Waals surface area contributed by atoms with Crippen molar-refractivity contribution >= 4 is 34.2 Å². The van der Waals surface area contributed by atoms with Crippen molar-refractivity contribution in [1.29, 1.82) is 0 Å². The van der Waals surface area contributed by atoms with E-state index in [1.165, 1.54) is 4.88 Å². The van der Waals surface area contributed by atoms with Crippen LogP contribution in [-0.4, -0.2) is 30.2 Å². The summed E-state index contributed by atoms with van der Waals surface area (Å²) < 4.78 is 11.0. The minimum atomic E-state index is -0.323. The summed E-state index contributed by atoms with van der Waals surface area (Å²) in [6.07, 6.45) is 2.99. The topological polar surface area (TPSA) is 89.5 Å². The zero-order valence-corrected chi connectivity index (χ0v) is 19.6. The molecule has 2 amide bonds. The van der Waals surface area contributed by atoms with Crippen molar-refractivity contribution in [2.24, 2.45) is 23.2 Å². The average Bonchev–Trinajstić information content (AvgIpc) is 3.27. The summed E-state index contributed by atoms with van der Waals surface area (Å²) in [4.78, 5) is 30.8. The summed E-state index contributed by atoms with van der Waals surface area (Å²) in [6, 6.07) is 6.85. The van der Waals surface area contributed by atoms with Gasteiger partial charge in [-0.25, -0.2) is 9.78 Å². The van der Waals surface area contributed by atoms with E-state index >= 15 is 0 Å². The number of benzene rings is 1. The highest BCUT2D eigenvalue weighted by Crippen LogP contribution is 2.59. The summed E-state index contributed by atoms with van der Waals surface area (Å²) in [7, 11) is 1.61. The molecule has 3 aliphatic rings. The lowest BCUT2D eigenvalue weighted by molar-refractivity contribution is -0.149. The minimum absolute atomic E-state index is 0.0209. The normalized spacial score (nSPS) is 32.9. The van der Waals surface area contributed by atoms with Gasteiger partial charge in [-0.2, -0.15) is 0 Å². The summed E-state index contributed by atoms with van der Waals surface area (Å²) in [5.41, 5.74) is 1.79. The van der Waals surface area contributed by atoms with Crippen LogP contribution in [-0.2, 0) is 16.0 Å². The minimum Gasteiger partial charge on any atom is -0.497 e. The summed E-state index contributed by atoms with van der Waals surface area (Å²) in [5, 5.41) is 6.33. The number of esters is 1. The molecule has 2 heterocycles. The highest BCUT2D eigenvalue weighted by Gasteiger charge is 2.58. The second kappa shape index (κ2) is 7.76. The van der Waals surface area contributed by atoms with Crippen LogP contribution in [0.1, 0.15) is 50.1 Å². The third kappa shape index (κ3) is 3.45. The van der Waals surface area contributed by atoms with Gasteiger partial charge < -0.3 is 14.8 Å². The Hall–Kier alpha value is -2.61. The van der Waals surface area contributed by atoms with Gasteiger partial charge in [0.25, 0.3) is 0 Å². The SMILES string of the molecule is COc1ccc(NC(=O)Nc2nc3c(s2)CC2(C)CCC4C(C)C(=O)OC4C2C3C)cc1. The fourth-order valence-electron chi connectivity index (χ4n) is 6.07. The number of rotatable bonds is 3. The lowest BCUT2D eigenvalue weighted by Crippen LogP contribution is -2.50. The third-order valence-electron chi connectivity index (χ3n) is 7.73. The molecule has 1 saturated carbocycles. The molecule has 2 aliphatic carbocycles. The molecule has 170 valence electrons. The lowest BCUT2D eigenvalue weighted by Gasteiger charge is -2.51. The van der Waals surface area contributed by atoms with Crippen molar-refractivity contribution in [3.05, 3.63) is 34.8 Å². The van der Waals surface area contributed by atoms with Gasteiger partial charge in [-0.3, -0.25) is 10.1 Å². The largest absolute Gasteiger partial charge is 0.497 e. The molecular formula is C24H29N3O4S. The van der Waals surface area contributed by atoms with Crippen LogP contribution >= 0.6 is 11.3 Å². The molecular weight excluding hydrogens is 426 g/mol. The smallest absolute Gasteiger partial charge is 0.325 e. The quantitative estimate of drug-likeness (QED) is 0.632. The van der Waals surface area contributed by atoms with E-state index in [4.69, 9.17) is 14.5 Å². The Morgan fingerprint density at radius 1 is 1.22 bits per heavy atom. The molecule has 7 nitrogen and oxygen atoms in total. The predicted octanol–water partition coefficient (Wildman–Crippen LogP) is 5.05. The van der Waals surface area contributed by atoms with Gasteiger partial charge in [0.1, 0.15) is 11.9 Å². The number of urea groups is 1. The number of thiazole rings is 1. The van der Waals surface area contributed by atoms with Crippen molar-refractivity contribution in [3.8, 4) is 5.75 Å².